The minimum Gasteiger partial charge on any atom is -0.379 e. The van der Waals surface area contributed by atoms with E-state index in [1.807, 2.05) is 30.8 Å². The number of benzene rings is 1. The van der Waals surface area contributed by atoms with E-state index in [0.29, 0.717) is 0 Å². The summed E-state index contributed by atoms with van der Waals surface area (Å²) in [5, 5.41) is 8.58. The van der Waals surface area contributed by atoms with Crippen molar-refractivity contribution in [2.24, 2.45) is 7.05 Å². The van der Waals surface area contributed by atoms with Crippen molar-refractivity contribution in [3.63, 3.8) is 0 Å². The van der Waals surface area contributed by atoms with E-state index in [9.17, 15) is 0 Å². The Morgan fingerprint density at radius 2 is 2.00 bits per heavy atom. The quantitative estimate of drug-likeness (QED) is 0.917. The number of aromatic nitrogens is 2. The Labute approximate surface area is 113 Å². The molecule has 0 aliphatic carbocycles. The number of aryl methyl sites for hydroxylation is 3. The fourth-order valence-corrected chi connectivity index (χ4v) is 2.39. The van der Waals surface area contributed by atoms with Crippen LogP contribution in [0.1, 0.15) is 22.5 Å². The highest BCUT2D eigenvalue weighted by Crippen LogP contribution is 2.26. The second-order valence-electron chi connectivity index (χ2n) is 4.56. The molecule has 0 radical (unpaired) electrons. The molecular weight excluding hydrogens is 246 g/mol. The summed E-state index contributed by atoms with van der Waals surface area (Å²) < 4.78 is 1.91. The van der Waals surface area contributed by atoms with Crippen LogP contribution in [0.15, 0.2) is 18.2 Å². The van der Waals surface area contributed by atoms with Crippen molar-refractivity contribution >= 4 is 17.3 Å². The molecule has 0 unspecified atom stereocenters. The molecule has 0 aliphatic heterocycles. The molecule has 0 spiro atoms. The molecule has 1 N–H and O–H groups in total. The predicted molar refractivity (Wildman–Crippen MR) is 76.2 cm³/mol. The van der Waals surface area contributed by atoms with Gasteiger partial charge < -0.3 is 5.32 Å². The van der Waals surface area contributed by atoms with Crippen molar-refractivity contribution in [3.8, 4) is 0 Å². The molecule has 2 aromatic rings. The second kappa shape index (κ2) is 5.02. The summed E-state index contributed by atoms with van der Waals surface area (Å²) in [4.78, 5) is 0. The lowest BCUT2D eigenvalue weighted by Gasteiger charge is -2.11. The Morgan fingerprint density at radius 1 is 1.28 bits per heavy atom. The summed E-state index contributed by atoms with van der Waals surface area (Å²) in [6.45, 7) is 6.91. The maximum absolute atomic E-state index is 6.20. The first kappa shape index (κ1) is 13.0. The molecule has 1 heterocycles. The van der Waals surface area contributed by atoms with Crippen molar-refractivity contribution in [3.05, 3.63) is 45.7 Å². The smallest absolute Gasteiger partial charge is 0.0646 e. The van der Waals surface area contributed by atoms with Crippen LogP contribution in [0.2, 0.25) is 5.02 Å². The maximum Gasteiger partial charge on any atom is 0.0646 e. The van der Waals surface area contributed by atoms with E-state index in [0.717, 1.165) is 28.5 Å². The van der Waals surface area contributed by atoms with E-state index in [4.69, 9.17) is 11.6 Å². The van der Waals surface area contributed by atoms with Crippen LogP contribution in [0.3, 0.4) is 0 Å². The molecule has 0 fully saturated rings. The summed E-state index contributed by atoms with van der Waals surface area (Å²) in [6.07, 6.45) is 0. The molecule has 0 bridgehead atoms. The molecular formula is C14H18ClN3. The van der Waals surface area contributed by atoms with E-state index < -0.39 is 0 Å². The predicted octanol–water partition coefficient (Wildman–Crippen LogP) is 3.61. The Balaban J connectivity index is 2.22. The molecule has 0 aliphatic rings. The average molecular weight is 264 g/mol. The van der Waals surface area contributed by atoms with Gasteiger partial charge in [0.05, 0.1) is 16.4 Å². The molecule has 4 heteroatoms. The number of halogens is 1. The van der Waals surface area contributed by atoms with Gasteiger partial charge in [-0.25, -0.2) is 0 Å². The summed E-state index contributed by atoms with van der Waals surface area (Å²) in [7, 11) is 1.96. The van der Waals surface area contributed by atoms with Crippen molar-refractivity contribution in [2.75, 3.05) is 5.32 Å². The van der Waals surface area contributed by atoms with Crippen LogP contribution < -0.4 is 5.32 Å². The van der Waals surface area contributed by atoms with Crippen molar-refractivity contribution < 1.29 is 0 Å². The zero-order valence-electron chi connectivity index (χ0n) is 11.2. The molecule has 0 amide bonds. The molecule has 0 atom stereocenters. The SMILES string of the molecule is Cc1cccc(Cl)c1NCc1c(C)nn(C)c1C. The Hall–Kier alpha value is -1.48. The first-order valence-corrected chi connectivity index (χ1v) is 6.36. The number of nitrogens with zero attached hydrogens (tertiary/aromatic N) is 2. The van der Waals surface area contributed by atoms with Gasteiger partial charge in [-0.3, -0.25) is 4.68 Å². The highest BCUT2D eigenvalue weighted by Gasteiger charge is 2.10. The van der Waals surface area contributed by atoms with Gasteiger partial charge in [0.15, 0.2) is 0 Å². The fraction of sp³-hybridized carbons (Fsp3) is 0.357. The largest absolute Gasteiger partial charge is 0.379 e. The normalized spacial score (nSPS) is 10.7. The third kappa shape index (κ3) is 2.36. The highest BCUT2D eigenvalue weighted by atomic mass is 35.5. The molecule has 2 rings (SSSR count). The van der Waals surface area contributed by atoms with E-state index >= 15 is 0 Å². The van der Waals surface area contributed by atoms with E-state index in [-0.39, 0.29) is 0 Å². The topological polar surface area (TPSA) is 29.9 Å². The van der Waals surface area contributed by atoms with Crippen molar-refractivity contribution in [2.45, 2.75) is 27.3 Å². The van der Waals surface area contributed by atoms with Crippen LogP contribution in [0.25, 0.3) is 0 Å². The zero-order chi connectivity index (χ0) is 13.3. The van der Waals surface area contributed by atoms with Gasteiger partial charge in [0.1, 0.15) is 0 Å². The van der Waals surface area contributed by atoms with Gasteiger partial charge in [-0.15, -0.1) is 0 Å². The fourth-order valence-electron chi connectivity index (χ4n) is 2.11. The number of hydrogen-bond acceptors (Lipinski definition) is 2. The zero-order valence-corrected chi connectivity index (χ0v) is 12.0. The third-order valence-corrected chi connectivity index (χ3v) is 3.64. The first-order chi connectivity index (χ1) is 8.50. The van der Waals surface area contributed by atoms with Crippen LogP contribution in [0.5, 0.6) is 0 Å². The minimum absolute atomic E-state index is 0.746. The average Bonchev–Trinajstić information content (AvgIpc) is 2.54. The van der Waals surface area contributed by atoms with Gasteiger partial charge in [-0.1, -0.05) is 23.7 Å². The van der Waals surface area contributed by atoms with Gasteiger partial charge in [-0.05, 0) is 32.4 Å². The summed E-state index contributed by atoms with van der Waals surface area (Å²) in [6, 6.07) is 5.92. The van der Waals surface area contributed by atoms with Crippen LogP contribution >= 0.6 is 11.6 Å². The molecule has 3 nitrogen and oxygen atoms in total. The van der Waals surface area contributed by atoms with Crippen LogP contribution in [0, 0.1) is 20.8 Å². The number of rotatable bonds is 3. The standard InChI is InChI=1S/C14H18ClN3/c1-9-6-5-7-13(15)14(9)16-8-12-10(2)17-18(4)11(12)3/h5-7,16H,8H2,1-4H3. The highest BCUT2D eigenvalue weighted by molar-refractivity contribution is 6.33. The molecule has 0 saturated carbocycles. The molecule has 18 heavy (non-hydrogen) atoms. The maximum atomic E-state index is 6.20. The third-order valence-electron chi connectivity index (χ3n) is 3.32. The first-order valence-electron chi connectivity index (χ1n) is 5.98. The minimum atomic E-state index is 0.746. The Kier molecular flexibility index (Phi) is 3.62. The van der Waals surface area contributed by atoms with E-state index in [1.165, 1.54) is 11.3 Å². The Morgan fingerprint density at radius 3 is 2.56 bits per heavy atom. The lowest BCUT2D eigenvalue weighted by molar-refractivity contribution is 0.730. The number of para-hydroxylation sites is 1. The molecule has 96 valence electrons. The van der Waals surface area contributed by atoms with Crippen molar-refractivity contribution in [1.82, 2.24) is 9.78 Å². The lowest BCUT2D eigenvalue weighted by atomic mass is 10.1. The van der Waals surface area contributed by atoms with E-state index in [1.54, 1.807) is 0 Å². The van der Waals surface area contributed by atoms with Gasteiger partial charge in [0.2, 0.25) is 0 Å². The second-order valence-corrected chi connectivity index (χ2v) is 4.97. The Bertz CT molecular complexity index is 552. The van der Waals surface area contributed by atoms with Gasteiger partial charge in [0.25, 0.3) is 0 Å². The summed E-state index contributed by atoms with van der Waals surface area (Å²) in [5.41, 5.74) is 5.64. The van der Waals surface area contributed by atoms with Crippen molar-refractivity contribution in [1.29, 1.82) is 0 Å². The molecule has 1 aromatic carbocycles. The van der Waals surface area contributed by atoms with Gasteiger partial charge >= 0.3 is 0 Å². The summed E-state index contributed by atoms with van der Waals surface area (Å²) >= 11 is 6.20. The molecule has 1 aromatic heterocycles. The van der Waals surface area contributed by atoms with Crippen LogP contribution in [-0.2, 0) is 13.6 Å². The van der Waals surface area contributed by atoms with Gasteiger partial charge in [0, 0.05) is 24.8 Å². The van der Waals surface area contributed by atoms with E-state index in [2.05, 4.69) is 30.3 Å². The number of nitrogens with one attached hydrogen (secondary N) is 1. The summed E-state index contributed by atoms with van der Waals surface area (Å²) in [5.74, 6) is 0. The van der Waals surface area contributed by atoms with Crippen LogP contribution in [-0.4, -0.2) is 9.78 Å². The number of anilines is 1. The lowest BCUT2D eigenvalue weighted by Crippen LogP contribution is -2.04. The number of hydrogen-bond donors (Lipinski definition) is 1. The van der Waals surface area contributed by atoms with Gasteiger partial charge in [-0.2, -0.15) is 5.10 Å². The van der Waals surface area contributed by atoms with Crippen LogP contribution in [0.4, 0.5) is 5.69 Å². The monoisotopic (exact) mass is 263 g/mol. The molecule has 0 saturated heterocycles.